The Morgan fingerprint density at radius 1 is 1.18 bits per heavy atom. The average molecular weight is 229 g/mol. The Bertz CT molecular complexity index is 598. The maximum Gasteiger partial charge on any atom is 0.253 e. The second-order valence-corrected chi connectivity index (χ2v) is 3.44. The second-order valence-electron chi connectivity index (χ2n) is 3.44. The third-order valence-electron chi connectivity index (χ3n) is 2.28. The molecule has 5 heteroatoms. The van der Waals surface area contributed by atoms with Crippen LogP contribution in [0.5, 0.6) is 0 Å². The molecule has 0 fully saturated rings. The number of nitrogens with one attached hydrogen (secondary N) is 2. The van der Waals surface area contributed by atoms with Crippen LogP contribution in [0.2, 0.25) is 0 Å². The molecule has 0 radical (unpaired) electrons. The largest absolute Gasteiger partial charge is 0.376 e. The van der Waals surface area contributed by atoms with Gasteiger partial charge in [-0.3, -0.25) is 14.6 Å². The van der Waals surface area contributed by atoms with Gasteiger partial charge in [-0.05, 0) is 12.1 Å². The van der Waals surface area contributed by atoms with E-state index in [4.69, 9.17) is 0 Å². The van der Waals surface area contributed by atoms with Crippen molar-refractivity contribution in [2.45, 2.75) is 0 Å². The van der Waals surface area contributed by atoms with Crippen LogP contribution in [0.1, 0.15) is 0 Å². The van der Waals surface area contributed by atoms with Gasteiger partial charge in [-0.1, -0.05) is 6.08 Å². The minimum Gasteiger partial charge on any atom is -0.376 e. The maximum absolute atomic E-state index is 11.4. The van der Waals surface area contributed by atoms with E-state index in [1.165, 1.54) is 0 Å². The minimum absolute atomic E-state index is 0.294. The molecule has 1 heterocycles. The summed E-state index contributed by atoms with van der Waals surface area (Å²) < 4.78 is 0. The Labute approximate surface area is 97.5 Å². The lowest BCUT2D eigenvalue weighted by Gasteiger charge is -2.13. The van der Waals surface area contributed by atoms with Crippen molar-refractivity contribution in [3.63, 3.8) is 0 Å². The molecule has 1 aromatic heterocycles. The van der Waals surface area contributed by atoms with Crippen LogP contribution in [0.25, 0.3) is 0 Å². The van der Waals surface area contributed by atoms with Crippen LogP contribution in [0, 0.1) is 0 Å². The highest BCUT2D eigenvalue weighted by Crippen LogP contribution is 2.19. The molecule has 0 aliphatic heterocycles. The van der Waals surface area contributed by atoms with E-state index in [-0.39, 0.29) is 0 Å². The highest BCUT2D eigenvalue weighted by molar-refractivity contribution is 5.78. The summed E-state index contributed by atoms with van der Waals surface area (Å²) in [4.78, 5) is 26.6. The zero-order valence-corrected chi connectivity index (χ0v) is 9.06. The summed E-state index contributed by atoms with van der Waals surface area (Å²) in [7, 11) is 0. The molecule has 0 atom stereocenters. The Hall–Kier alpha value is -2.43. The molecule has 2 N–H and O–H groups in total. The molecule has 2 aromatic rings. The van der Waals surface area contributed by atoms with Gasteiger partial charge < -0.3 is 10.6 Å². The van der Waals surface area contributed by atoms with E-state index in [0.29, 0.717) is 23.6 Å². The molecule has 2 rings (SSSR count). The highest BCUT2D eigenvalue weighted by Gasteiger charge is 2.20. The molecule has 1 aromatic carbocycles. The van der Waals surface area contributed by atoms with Gasteiger partial charge in [0.05, 0.1) is 0 Å². The summed E-state index contributed by atoms with van der Waals surface area (Å²) in [5.74, 6) is 0. The Morgan fingerprint density at radius 2 is 1.82 bits per heavy atom. The molecule has 0 saturated heterocycles. The summed E-state index contributed by atoms with van der Waals surface area (Å²) in [5, 5.41) is 5.72. The molecular weight excluding hydrogens is 218 g/mol. The van der Waals surface area contributed by atoms with E-state index in [9.17, 15) is 9.59 Å². The monoisotopic (exact) mass is 229 g/mol. The third kappa shape index (κ3) is 2.08. The van der Waals surface area contributed by atoms with Crippen molar-refractivity contribution in [1.82, 2.24) is 4.98 Å². The average Bonchev–Trinajstić information content (AvgIpc) is 2.38. The number of nitrogens with zero attached hydrogens (tertiary/aromatic N) is 1. The van der Waals surface area contributed by atoms with Crippen LogP contribution in [-0.2, 0) is 0 Å². The van der Waals surface area contributed by atoms with Crippen LogP contribution >= 0.6 is 0 Å². The van der Waals surface area contributed by atoms with E-state index in [2.05, 4.69) is 22.2 Å². The van der Waals surface area contributed by atoms with Crippen LogP contribution in [0.15, 0.2) is 46.8 Å². The van der Waals surface area contributed by atoms with Crippen molar-refractivity contribution in [3.8, 4) is 0 Å². The van der Waals surface area contributed by atoms with Crippen molar-refractivity contribution in [2.75, 3.05) is 17.2 Å². The fourth-order valence-electron chi connectivity index (χ4n) is 1.43. The molecule has 0 aliphatic rings. The van der Waals surface area contributed by atoms with Crippen molar-refractivity contribution >= 4 is 17.1 Å². The topological polar surface area (TPSA) is 71.1 Å². The normalized spacial score (nSPS) is 10.1. The highest BCUT2D eigenvalue weighted by atomic mass is 16.2. The van der Waals surface area contributed by atoms with Crippen LogP contribution in [0.4, 0.5) is 17.1 Å². The zero-order chi connectivity index (χ0) is 12.3. The fraction of sp³-hybridized carbons (Fsp3) is 0.0833. The number of pyridine rings is 1. The second kappa shape index (κ2) is 4.61. The van der Waals surface area contributed by atoms with Crippen molar-refractivity contribution in [2.24, 2.45) is 0 Å². The van der Waals surface area contributed by atoms with E-state index in [0.717, 1.165) is 0 Å². The molecule has 86 valence electrons. The summed E-state index contributed by atoms with van der Waals surface area (Å²) in [6.07, 6.45) is 4.82. The van der Waals surface area contributed by atoms with E-state index < -0.39 is 10.9 Å². The molecule has 0 aliphatic carbocycles. The number of hydrogen-bond donors (Lipinski definition) is 2. The van der Waals surface area contributed by atoms with Gasteiger partial charge in [-0.15, -0.1) is 6.58 Å². The quantitative estimate of drug-likeness (QED) is 0.591. The van der Waals surface area contributed by atoms with Crippen LogP contribution in [-0.4, -0.2) is 11.5 Å². The summed E-state index contributed by atoms with van der Waals surface area (Å²) in [6.45, 7) is 3.97. The predicted molar refractivity (Wildman–Crippen MR) is 67.6 cm³/mol. The molecule has 0 bridgehead atoms. The molecule has 0 saturated carbocycles. The standard InChI is InChI=1S/C12H11N3O2/c1-2-5-14-9-10(12(17)11(9)16)15-8-3-6-13-7-4-8/h2-4,6-7,14H,1,5H2,(H,13,15). The van der Waals surface area contributed by atoms with Crippen LogP contribution < -0.4 is 21.5 Å². The van der Waals surface area contributed by atoms with Gasteiger partial charge in [0, 0.05) is 24.6 Å². The number of rotatable bonds is 5. The van der Waals surface area contributed by atoms with E-state index >= 15 is 0 Å². The minimum atomic E-state index is -0.506. The maximum atomic E-state index is 11.4. The first-order valence-corrected chi connectivity index (χ1v) is 5.09. The van der Waals surface area contributed by atoms with Gasteiger partial charge in [0.25, 0.3) is 10.9 Å². The van der Waals surface area contributed by atoms with E-state index in [1.54, 1.807) is 30.6 Å². The van der Waals surface area contributed by atoms with Crippen molar-refractivity contribution in [3.05, 3.63) is 57.6 Å². The lowest BCUT2D eigenvalue weighted by atomic mass is 10.2. The smallest absolute Gasteiger partial charge is 0.253 e. The van der Waals surface area contributed by atoms with Gasteiger partial charge in [0.2, 0.25) is 0 Å². The van der Waals surface area contributed by atoms with Crippen LogP contribution in [0.3, 0.4) is 0 Å². The van der Waals surface area contributed by atoms with Gasteiger partial charge in [-0.2, -0.15) is 0 Å². The van der Waals surface area contributed by atoms with Crippen molar-refractivity contribution < 1.29 is 0 Å². The van der Waals surface area contributed by atoms with E-state index in [1.807, 2.05) is 0 Å². The molecule has 0 spiro atoms. The lowest BCUT2D eigenvalue weighted by Crippen LogP contribution is -2.36. The molecule has 0 amide bonds. The SMILES string of the molecule is C=CCNc1c(Nc2ccncc2)c(=O)c1=O. The fourth-order valence-corrected chi connectivity index (χ4v) is 1.43. The number of aromatic nitrogens is 1. The first-order chi connectivity index (χ1) is 8.24. The van der Waals surface area contributed by atoms with Crippen molar-refractivity contribution in [1.29, 1.82) is 0 Å². The third-order valence-corrected chi connectivity index (χ3v) is 2.28. The summed E-state index contributed by atoms with van der Waals surface area (Å²) in [6, 6.07) is 3.43. The summed E-state index contributed by atoms with van der Waals surface area (Å²) in [5.41, 5.74) is 0.320. The summed E-state index contributed by atoms with van der Waals surface area (Å²) >= 11 is 0. The number of anilines is 3. The Morgan fingerprint density at radius 3 is 2.47 bits per heavy atom. The lowest BCUT2D eigenvalue weighted by molar-refractivity contribution is 1.26. The Balaban J connectivity index is 2.22. The molecule has 5 nitrogen and oxygen atoms in total. The van der Waals surface area contributed by atoms with Gasteiger partial charge in [-0.25, -0.2) is 0 Å². The molecule has 17 heavy (non-hydrogen) atoms. The first kappa shape index (κ1) is 11.1. The first-order valence-electron chi connectivity index (χ1n) is 5.09. The van der Waals surface area contributed by atoms with Gasteiger partial charge >= 0.3 is 0 Å². The number of hydrogen-bond acceptors (Lipinski definition) is 5. The van der Waals surface area contributed by atoms with Gasteiger partial charge in [0.15, 0.2) is 0 Å². The molecule has 0 unspecified atom stereocenters. The Kier molecular flexibility index (Phi) is 3.00. The van der Waals surface area contributed by atoms with Gasteiger partial charge in [0.1, 0.15) is 11.4 Å². The molecular formula is C12H11N3O2. The predicted octanol–water partition coefficient (Wildman–Crippen LogP) is 1.02. The zero-order valence-electron chi connectivity index (χ0n) is 9.06.